The van der Waals surface area contributed by atoms with Gasteiger partial charge in [-0.3, -0.25) is 5.43 Å². The molecule has 1 aliphatic rings. The van der Waals surface area contributed by atoms with Gasteiger partial charge < -0.3 is 15.0 Å². The van der Waals surface area contributed by atoms with Gasteiger partial charge in [-0.2, -0.15) is 0 Å². The fraction of sp³-hybridized carbons (Fsp3) is 0.526. The van der Waals surface area contributed by atoms with Crippen LogP contribution in [0.5, 0.6) is 0 Å². The Balaban J connectivity index is 1.89. The number of hydrogen-bond acceptors (Lipinski definition) is 3. The predicted octanol–water partition coefficient (Wildman–Crippen LogP) is 2.90. The van der Waals surface area contributed by atoms with Crippen molar-refractivity contribution in [2.45, 2.75) is 45.1 Å². The standard InChI is InChI=1S/C19H28N4OS/c1-4-13-7-6-8-14-15-9-12-24-19(5-2,17(15)22-16(13)14)10-11-21-23-18(25)20-3/h6-8,21-22H,4-5,9-12H2,1-3H3,(H2,20,23,25). The van der Waals surface area contributed by atoms with Crippen LogP contribution in [0.2, 0.25) is 0 Å². The molecule has 0 aliphatic carbocycles. The Labute approximate surface area is 154 Å². The lowest BCUT2D eigenvalue weighted by Crippen LogP contribution is -2.45. The van der Waals surface area contributed by atoms with Gasteiger partial charge in [-0.25, -0.2) is 5.43 Å². The zero-order valence-corrected chi connectivity index (χ0v) is 16.1. The molecule has 5 nitrogen and oxygen atoms in total. The highest BCUT2D eigenvalue weighted by atomic mass is 32.1. The number of aryl methyl sites for hydroxylation is 1. The third-order valence-corrected chi connectivity index (χ3v) is 5.55. The van der Waals surface area contributed by atoms with Gasteiger partial charge in [-0.1, -0.05) is 32.0 Å². The fourth-order valence-corrected chi connectivity index (χ4v) is 3.89. The minimum Gasteiger partial charge on any atom is -0.368 e. The summed E-state index contributed by atoms with van der Waals surface area (Å²) in [6, 6.07) is 6.62. The maximum absolute atomic E-state index is 6.33. The lowest BCUT2D eigenvalue weighted by Gasteiger charge is -2.37. The van der Waals surface area contributed by atoms with E-state index in [0.29, 0.717) is 5.11 Å². The average Bonchev–Trinajstić information content (AvgIpc) is 3.05. The molecule has 0 bridgehead atoms. The second kappa shape index (κ2) is 7.72. The van der Waals surface area contributed by atoms with Crippen molar-refractivity contribution in [1.29, 1.82) is 0 Å². The van der Waals surface area contributed by atoms with Crippen molar-refractivity contribution < 1.29 is 4.74 Å². The molecule has 1 aliphatic heterocycles. The van der Waals surface area contributed by atoms with Gasteiger partial charge in [0.2, 0.25) is 0 Å². The molecular weight excluding hydrogens is 332 g/mol. The van der Waals surface area contributed by atoms with Crippen LogP contribution in [-0.4, -0.2) is 30.3 Å². The summed E-state index contributed by atoms with van der Waals surface area (Å²) in [7, 11) is 1.80. The van der Waals surface area contributed by atoms with E-state index in [1.165, 1.54) is 27.7 Å². The molecule has 1 aromatic carbocycles. The first-order valence-electron chi connectivity index (χ1n) is 9.12. The molecule has 3 rings (SSSR count). The molecular formula is C19H28N4OS. The minimum atomic E-state index is -0.270. The van der Waals surface area contributed by atoms with Crippen LogP contribution in [0.4, 0.5) is 0 Å². The third kappa shape index (κ3) is 3.38. The Morgan fingerprint density at radius 1 is 1.36 bits per heavy atom. The molecule has 1 unspecified atom stereocenters. The number of ether oxygens (including phenoxy) is 1. The van der Waals surface area contributed by atoms with Crippen LogP contribution >= 0.6 is 12.2 Å². The number of hydrogen-bond donors (Lipinski definition) is 4. The predicted molar refractivity (Wildman–Crippen MR) is 107 cm³/mol. The Kier molecular flexibility index (Phi) is 5.61. The number of fused-ring (bicyclic) bond motifs is 3. The SMILES string of the molecule is CCc1cccc2c3c([nH]c12)C(CC)(CCNNC(=S)NC)OCC3. The molecule has 6 heteroatoms. The summed E-state index contributed by atoms with van der Waals surface area (Å²) in [5.41, 5.74) is 11.2. The molecule has 136 valence electrons. The lowest BCUT2D eigenvalue weighted by molar-refractivity contribution is -0.0716. The summed E-state index contributed by atoms with van der Waals surface area (Å²) < 4.78 is 6.33. The van der Waals surface area contributed by atoms with Crippen LogP contribution in [0.15, 0.2) is 18.2 Å². The second-order valence-electron chi connectivity index (χ2n) is 6.50. The third-order valence-electron chi connectivity index (χ3n) is 5.25. The highest BCUT2D eigenvalue weighted by molar-refractivity contribution is 7.80. The molecule has 1 atom stereocenters. The van der Waals surface area contributed by atoms with Gasteiger partial charge in [0.15, 0.2) is 5.11 Å². The number of H-pyrrole nitrogens is 1. The van der Waals surface area contributed by atoms with Gasteiger partial charge in [0.1, 0.15) is 5.60 Å². The molecule has 0 saturated heterocycles. The van der Waals surface area contributed by atoms with Crippen molar-refractivity contribution in [3.8, 4) is 0 Å². The number of thiocarbonyl (C=S) groups is 1. The van der Waals surface area contributed by atoms with Gasteiger partial charge in [0.25, 0.3) is 0 Å². The van der Waals surface area contributed by atoms with E-state index in [0.717, 1.165) is 38.8 Å². The highest BCUT2D eigenvalue weighted by Gasteiger charge is 2.38. The number of aromatic nitrogens is 1. The summed E-state index contributed by atoms with van der Waals surface area (Å²) in [6.07, 6.45) is 3.82. The minimum absolute atomic E-state index is 0.270. The van der Waals surface area contributed by atoms with Gasteiger partial charge >= 0.3 is 0 Å². The molecule has 0 amide bonds. The van der Waals surface area contributed by atoms with Crippen molar-refractivity contribution in [1.82, 2.24) is 21.2 Å². The molecule has 2 aromatic rings. The van der Waals surface area contributed by atoms with Crippen molar-refractivity contribution in [2.24, 2.45) is 0 Å². The number of para-hydroxylation sites is 1. The summed E-state index contributed by atoms with van der Waals surface area (Å²) in [6.45, 7) is 5.95. The van der Waals surface area contributed by atoms with Crippen LogP contribution in [0.25, 0.3) is 10.9 Å². The molecule has 2 heterocycles. The fourth-order valence-electron chi connectivity index (χ4n) is 3.82. The molecule has 0 spiro atoms. The lowest BCUT2D eigenvalue weighted by atomic mass is 9.86. The Hall–Kier alpha value is -1.63. The number of rotatable bonds is 6. The van der Waals surface area contributed by atoms with Crippen molar-refractivity contribution in [2.75, 3.05) is 20.2 Å². The number of benzene rings is 1. The zero-order chi connectivity index (χ0) is 17.9. The zero-order valence-electron chi connectivity index (χ0n) is 15.3. The average molecular weight is 361 g/mol. The van der Waals surface area contributed by atoms with E-state index in [-0.39, 0.29) is 5.60 Å². The van der Waals surface area contributed by atoms with Crippen molar-refractivity contribution >= 4 is 28.2 Å². The van der Waals surface area contributed by atoms with Crippen LogP contribution in [0.3, 0.4) is 0 Å². The molecule has 1 aromatic heterocycles. The maximum Gasteiger partial charge on any atom is 0.180 e. The van der Waals surface area contributed by atoms with Crippen molar-refractivity contribution in [3.63, 3.8) is 0 Å². The first-order chi connectivity index (χ1) is 12.1. The van der Waals surface area contributed by atoms with Crippen LogP contribution < -0.4 is 16.2 Å². The smallest absolute Gasteiger partial charge is 0.180 e. The van der Waals surface area contributed by atoms with Gasteiger partial charge in [0, 0.05) is 24.5 Å². The van der Waals surface area contributed by atoms with Crippen LogP contribution in [0, 0.1) is 0 Å². The van der Waals surface area contributed by atoms with E-state index < -0.39 is 0 Å². The molecule has 4 N–H and O–H groups in total. The van der Waals surface area contributed by atoms with Gasteiger partial charge in [0.05, 0.1) is 12.3 Å². The maximum atomic E-state index is 6.33. The first-order valence-corrected chi connectivity index (χ1v) is 9.53. The van der Waals surface area contributed by atoms with E-state index in [4.69, 9.17) is 17.0 Å². The summed E-state index contributed by atoms with van der Waals surface area (Å²) in [4.78, 5) is 3.73. The summed E-state index contributed by atoms with van der Waals surface area (Å²) in [5, 5.41) is 4.84. The normalized spacial score (nSPS) is 19.6. The van der Waals surface area contributed by atoms with E-state index in [1.807, 2.05) is 0 Å². The number of hydrazine groups is 1. The van der Waals surface area contributed by atoms with E-state index in [2.05, 4.69) is 53.2 Å². The highest BCUT2D eigenvalue weighted by Crippen LogP contribution is 2.41. The second-order valence-corrected chi connectivity index (χ2v) is 6.91. The first kappa shape index (κ1) is 18.2. The van der Waals surface area contributed by atoms with Crippen LogP contribution in [-0.2, 0) is 23.2 Å². The van der Waals surface area contributed by atoms with Crippen LogP contribution in [0.1, 0.15) is 43.5 Å². The van der Waals surface area contributed by atoms with E-state index >= 15 is 0 Å². The van der Waals surface area contributed by atoms with E-state index in [9.17, 15) is 0 Å². The molecule has 0 saturated carbocycles. The largest absolute Gasteiger partial charge is 0.368 e. The number of aromatic amines is 1. The van der Waals surface area contributed by atoms with E-state index in [1.54, 1.807) is 7.05 Å². The van der Waals surface area contributed by atoms with Crippen molar-refractivity contribution in [3.05, 3.63) is 35.0 Å². The molecule has 0 radical (unpaired) electrons. The summed E-state index contributed by atoms with van der Waals surface area (Å²) in [5.74, 6) is 0. The summed E-state index contributed by atoms with van der Waals surface area (Å²) >= 11 is 5.09. The molecule has 0 fully saturated rings. The Morgan fingerprint density at radius 3 is 2.92 bits per heavy atom. The van der Waals surface area contributed by atoms with Gasteiger partial charge in [-0.15, -0.1) is 0 Å². The quantitative estimate of drug-likeness (QED) is 0.362. The Bertz CT molecular complexity index is 757. The monoisotopic (exact) mass is 360 g/mol. The topological polar surface area (TPSA) is 61.1 Å². The molecule has 25 heavy (non-hydrogen) atoms. The number of nitrogens with one attached hydrogen (secondary N) is 4. The Morgan fingerprint density at radius 2 is 2.20 bits per heavy atom. The van der Waals surface area contributed by atoms with Gasteiger partial charge in [-0.05, 0) is 49.0 Å².